The second-order valence-electron chi connectivity index (χ2n) is 3.21. The lowest BCUT2D eigenvalue weighted by Crippen LogP contribution is -1.75. The van der Waals surface area contributed by atoms with Crippen LogP contribution in [0.25, 0.3) is 10.8 Å². The normalized spacial score (nSPS) is 9.31. The molecule has 2 rings (SSSR count). The standard InChI is InChI=1S/C11H10O.O3S/c1-8-5-6-10-9(7-8)3-2-4-11(10)12;1-4(2)3/h2-7,12H,1H3;. The largest absolute Gasteiger partial charge is 0.507 e. The van der Waals surface area contributed by atoms with Gasteiger partial charge < -0.3 is 5.11 Å². The van der Waals surface area contributed by atoms with Crippen molar-refractivity contribution in [1.82, 2.24) is 0 Å². The van der Waals surface area contributed by atoms with Crippen molar-refractivity contribution in [3.05, 3.63) is 42.0 Å². The first-order valence-electron chi connectivity index (χ1n) is 4.46. The highest BCUT2D eigenvalue weighted by atomic mass is 32.2. The number of fused-ring (bicyclic) bond motifs is 1. The van der Waals surface area contributed by atoms with Crippen molar-refractivity contribution in [1.29, 1.82) is 0 Å². The Balaban J connectivity index is 0.000000280. The first-order chi connectivity index (χ1) is 7.50. The first kappa shape index (κ1) is 12.2. The lowest BCUT2D eigenvalue weighted by molar-refractivity contribution is 0.481. The summed E-state index contributed by atoms with van der Waals surface area (Å²) in [6.45, 7) is 2.05. The fourth-order valence-electron chi connectivity index (χ4n) is 1.39. The molecular weight excluding hydrogens is 228 g/mol. The molecule has 0 radical (unpaired) electrons. The van der Waals surface area contributed by atoms with E-state index in [0.717, 1.165) is 10.8 Å². The van der Waals surface area contributed by atoms with Gasteiger partial charge in [-0.05, 0) is 18.4 Å². The number of hydrogen-bond donors (Lipinski definition) is 1. The van der Waals surface area contributed by atoms with E-state index in [1.807, 2.05) is 31.2 Å². The molecule has 0 unspecified atom stereocenters. The number of phenols is 1. The number of aryl methyl sites for hydroxylation is 1. The van der Waals surface area contributed by atoms with Crippen LogP contribution in [0.5, 0.6) is 5.75 Å². The van der Waals surface area contributed by atoms with Gasteiger partial charge in [0, 0.05) is 5.39 Å². The number of rotatable bonds is 0. The lowest BCUT2D eigenvalue weighted by atomic mass is 10.1. The van der Waals surface area contributed by atoms with Crippen LogP contribution in [0, 0.1) is 6.92 Å². The maximum Gasteiger partial charge on any atom is 0.425 e. The molecule has 16 heavy (non-hydrogen) atoms. The van der Waals surface area contributed by atoms with E-state index in [1.165, 1.54) is 5.56 Å². The molecule has 0 atom stereocenters. The summed E-state index contributed by atoms with van der Waals surface area (Å²) in [5, 5.41) is 11.5. The molecule has 0 amide bonds. The Labute approximate surface area is 94.2 Å². The Morgan fingerprint density at radius 3 is 2.31 bits per heavy atom. The van der Waals surface area contributed by atoms with Crippen molar-refractivity contribution < 1.29 is 17.7 Å². The highest BCUT2D eigenvalue weighted by Gasteiger charge is 1.96. The molecular formula is C11H10O4S. The molecule has 0 fully saturated rings. The molecule has 4 nitrogen and oxygen atoms in total. The minimum absolute atomic E-state index is 0.354. The first-order valence-corrected chi connectivity index (χ1v) is 5.46. The number of hydrogen-bond acceptors (Lipinski definition) is 4. The predicted molar refractivity (Wildman–Crippen MR) is 60.0 cm³/mol. The average Bonchev–Trinajstić information content (AvgIpc) is 2.16. The third kappa shape index (κ3) is 3.36. The van der Waals surface area contributed by atoms with Crippen LogP contribution in [0.4, 0.5) is 0 Å². The molecule has 1 N–H and O–H groups in total. The van der Waals surface area contributed by atoms with E-state index in [4.69, 9.17) is 12.6 Å². The summed E-state index contributed by atoms with van der Waals surface area (Å²) < 4.78 is 25.3. The summed E-state index contributed by atoms with van der Waals surface area (Å²) in [5.74, 6) is 0.354. The molecule has 0 heterocycles. The fourth-order valence-corrected chi connectivity index (χ4v) is 1.39. The molecule has 0 bridgehead atoms. The molecule has 0 aromatic heterocycles. The second kappa shape index (κ2) is 5.27. The minimum atomic E-state index is -3.11. The zero-order valence-corrected chi connectivity index (χ0v) is 9.36. The molecule has 0 saturated heterocycles. The van der Waals surface area contributed by atoms with Crippen molar-refractivity contribution in [2.45, 2.75) is 6.92 Å². The maximum absolute atomic E-state index is 9.46. The van der Waals surface area contributed by atoms with E-state index in [2.05, 4.69) is 6.07 Å². The Morgan fingerprint density at radius 1 is 1.06 bits per heavy atom. The van der Waals surface area contributed by atoms with Gasteiger partial charge in [0.1, 0.15) is 5.75 Å². The molecule has 0 saturated carbocycles. The highest BCUT2D eigenvalue weighted by molar-refractivity contribution is 7.59. The summed E-state index contributed by atoms with van der Waals surface area (Å²) >= 11 is 0. The number of phenolic OH excluding ortho intramolecular Hbond substituents is 1. The fraction of sp³-hybridized carbons (Fsp3) is 0.0909. The van der Waals surface area contributed by atoms with Crippen LogP contribution >= 0.6 is 0 Å². The SMILES string of the molecule is Cc1ccc2c(O)cccc2c1.O=S(=O)=O. The van der Waals surface area contributed by atoms with Crippen molar-refractivity contribution in [2.24, 2.45) is 0 Å². The number of benzene rings is 2. The second-order valence-corrected chi connectivity index (χ2v) is 3.61. The molecule has 0 aliphatic rings. The van der Waals surface area contributed by atoms with Crippen LogP contribution < -0.4 is 0 Å². The Morgan fingerprint density at radius 2 is 1.69 bits per heavy atom. The summed E-state index contributed by atoms with van der Waals surface area (Å²) in [5.41, 5.74) is 1.22. The smallest absolute Gasteiger partial charge is 0.425 e. The van der Waals surface area contributed by atoms with E-state index in [9.17, 15) is 5.11 Å². The summed E-state index contributed by atoms with van der Waals surface area (Å²) in [6, 6.07) is 11.6. The van der Waals surface area contributed by atoms with Crippen LogP contribution in [0.1, 0.15) is 5.56 Å². The van der Waals surface area contributed by atoms with E-state index >= 15 is 0 Å². The quantitative estimate of drug-likeness (QED) is 0.760. The van der Waals surface area contributed by atoms with Gasteiger partial charge in [-0.2, -0.15) is 0 Å². The van der Waals surface area contributed by atoms with Crippen LogP contribution in [0.3, 0.4) is 0 Å². The third-order valence-corrected chi connectivity index (χ3v) is 2.01. The zero-order chi connectivity index (χ0) is 12.1. The third-order valence-electron chi connectivity index (χ3n) is 2.01. The van der Waals surface area contributed by atoms with Gasteiger partial charge in [0.15, 0.2) is 0 Å². The highest BCUT2D eigenvalue weighted by Crippen LogP contribution is 2.24. The van der Waals surface area contributed by atoms with Crippen molar-refractivity contribution in [2.75, 3.05) is 0 Å². The molecule has 2 aromatic rings. The molecule has 5 heteroatoms. The van der Waals surface area contributed by atoms with Crippen LogP contribution in [-0.2, 0) is 10.6 Å². The predicted octanol–water partition coefficient (Wildman–Crippen LogP) is 1.85. The summed E-state index contributed by atoms with van der Waals surface area (Å²) in [6.07, 6.45) is 0. The van der Waals surface area contributed by atoms with Gasteiger partial charge in [0.05, 0.1) is 0 Å². The Hall–Kier alpha value is -1.88. The summed E-state index contributed by atoms with van der Waals surface area (Å²) in [7, 11) is -3.11. The summed E-state index contributed by atoms with van der Waals surface area (Å²) in [4.78, 5) is 0. The van der Waals surface area contributed by atoms with Crippen LogP contribution in [0.15, 0.2) is 36.4 Å². The van der Waals surface area contributed by atoms with E-state index in [-0.39, 0.29) is 0 Å². The minimum Gasteiger partial charge on any atom is -0.507 e. The van der Waals surface area contributed by atoms with Gasteiger partial charge in [0.25, 0.3) is 0 Å². The van der Waals surface area contributed by atoms with Crippen molar-refractivity contribution >= 4 is 21.4 Å². The topological polar surface area (TPSA) is 71.4 Å². The van der Waals surface area contributed by atoms with Gasteiger partial charge in [-0.25, -0.2) is 0 Å². The Bertz CT molecular complexity index is 595. The molecule has 0 aliphatic carbocycles. The average molecular weight is 238 g/mol. The van der Waals surface area contributed by atoms with Gasteiger partial charge in [-0.1, -0.05) is 35.9 Å². The maximum atomic E-state index is 9.46. The van der Waals surface area contributed by atoms with E-state index in [1.54, 1.807) is 6.07 Å². The van der Waals surface area contributed by atoms with E-state index in [0.29, 0.717) is 5.75 Å². The lowest BCUT2D eigenvalue weighted by Gasteiger charge is -2.00. The molecule has 0 aliphatic heterocycles. The van der Waals surface area contributed by atoms with Crippen LogP contribution in [-0.4, -0.2) is 17.7 Å². The Kier molecular flexibility index (Phi) is 4.02. The van der Waals surface area contributed by atoms with Crippen molar-refractivity contribution in [3.8, 4) is 5.75 Å². The van der Waals surface area contributed by atoms with Crippen molar-refractivity contribution in [3.63, 3.8) is 0 Å². The zero-order valence-electron chi connectivity index (χ0n) is 8.54. The van der Waals surface area contributed by atoms with Gasteiger partial charge >= 0.3 is 10.6 Å². The molecule has 2 aromatic carbocycles. The molecule has 0 spiro atoms. The van der Waals surface area contributed by atoms with Crippen LogP contribution in [0.2, 0.25) is 0 Å². The van der Waals surface area contributed by atoms with Gasteiger partial charge in [-0.15, -0.1) is 12.6 Å². The monoisotopic (exact) mass is 238 g/mol. The van der Waals surface area contributed by atoms with Gasteiger partial charge in [0.2, 0.25) is 0 Å². The number of aromatic hydroxyl groups is 1. The molecule has 84 valence electrons. The van der Waals surface area contributed by atoms with E-state index < -0.39 is 10.6 Å². The van der Waals surface area contributed by atoms with Gasteiger partial charge in [-0.3, -0.25) is 0 Å².